The standard InChI is InChI=1S/C47H68N5O4/c1-3-5-7-9-11-13-15-17-19-24-36-55-46(53)44-41(38-51-32-28-48-29-33-51)50-42(39-52-34-30-49-31-35-52)45(43(44)40-26-22-21-23-27-40)47(54)56-37-25-20-18-16-14-12-10-8-6-4-2/h21-23,26-35,43H,3-20,24-25,36-39H2,1-2H3/q+1/p+1. The number of rotatable bonds is 29. The maximum Gasteiger partial charge on any atom is 0.337 e. The first kappa shape index (κ1) is 44.3. The zero-order chi connectivity index (χ0) is 39.5. The van der Waals surface area contributed by atoms with E-state index in [2.05, 4.69) is 29.1 Å². The molecule has 1 aliphatic rings. The van der Waals surface area contributed by atoms with Crippen molar-refractivity contribution in [2.75, 3.05) is 13.2 Å². The lowest BCUT2D eigenvalue weighted by molar-refractivity contribution is -0.692. The van der Waals surface area contributed by atoms with Gasteiger partial charge in [0.05, 0.1) is 66.5 Å². The summed E-state index contributed by atoms with van der Waals surface area (Å²) in [6.07, 6.45) is 38.4. The number of esters is 2. The lowest BCUT2D eigenvalue weighted by atomic mass is 9.80. The van der Waals surface area contributed by atoms with Gasteiger partial charge in [0.25, 0.3) is 0 Å². The molecule has 304 valence electrons. The Kier molecular flexibility index (Phi) is 21.6. The molecule has 0 radical (unpaired) electrons. The summed E-state index contributed by atoms with van der Waals surface area (Å²) < 4.78 is 16.1. The highest BCUT2D eigenvalue weighted by molar-refractivity contribution is 6.00. The van der Waals surface area contributed by atoms with Gasteiger partial charge in [0, 0.05) is 0 Å². The van der Waals surface area contributed by atoms with Gasteiger partial charge in [0.2, 0.25) is 0 Å². The van der Waals surface area contributed by atoms with E-state index in [0.29, 0.717) is 48.8 Å². The van der Waals surface area contributed by atoms with E-state index in [4.69, 9.17) is 9.47 Å². The predicted molar refractivity (Wildman–Crippen MR) is 221 cm³/mol. The molecule has 56 heavy (non-hydrogen) atoms. The number of hydrogen-bond donors (Lipinski definition) is 1. The zero-order valence-electron chi connectivity index (χ0n) is 34.5. The fraction of sp³-hybridized carbons (Fsp3) is 0.574. The first-order chi connectivity index (χ1) is 27.6. The molecule has 0 aliphatic carbocycles. The van der Waals surface area contributed by atoms with E-state index >= 15 is 0 Å². The minimum Gasteiger partial charge on any atom is -0.462 e. The molecule has 3 aromatic rings. The van der Waals surface area contributed by atoms with Crippen LogP contribution >= 0.6 is 0 Å². The SMILES string of the molecule is CCCCCCCCCCCCOC(=O)C1=C(C[n+]2ccncc2)NC(C[n+]2ccncc2)=C(C(=O)OCCCCCCCCCCCC)C1c1ccccc1. The number of nitrogens with one attached hydrogen (secondary N) is 1. The lowest BCUT2D eigenvalue weighted by Crippen LogP contribution is -2.45. The summed E-state index contributed by atoms with van der Waals surface area (Å²) in [5, 5.41) is 3.57. The van der Waals surface area contributed by atoms with Gasteiger partial charge in [-0.3, -0.25) is 9.97 Å². The summed E-state index contributed by atoms with van der Waals surface area (Å²) in [5.41, 5.74) is 3.06. The molecule has 0 saturated carbocycles. The molecule has 0 unspecified atom stereocenters. The van der Waals surface area contributed by atoms with Crippen molar-refractivity contribution < 1.29 is 28.2 Å². The Balaban J connectivity index is 1.53. The summed E-state index contributed by atoms with van der Waals surface area (Å²) >= 11 is 0. The smallest absolute Gasteiger partial charge is 0.337 e. The predicted octanol–water partition coefficient (Wildman–Crippen LogP) is 9.58. The van der Waals surface area contributed by atoms with Crippen molar-refractivity contribution in [1.82, 2.24) is 15.3 Å². The Labute approximate surface area is 337 Å². The normalized spacial score (nSPS) is 13.2. The quantitative estimate of drug-likeness (QED) is 0.0427. The van der Waals surface area contributed by atoms with Crippen molar-refractivity contribution in [2.24, 2.45) is 0 Å². The Morgan fingerprint density at radius 1 is 0.536 bits per heavy atom. The van der Waals surface area contributed by atoms with Gasteiger partial charge in [-0.25, -0.2) is 9.59 Å². The minimum absolute atomic E-state index is 0.331. The molecule has 0 spiro atoms. The fourth-order valence-corrected chi connectivity index (χ4v) is 7.46. The van der Waals surface area contributed by atoms with E-state index in [1.165, 1.54) is 89.9 Å². The molecule has 9 nitrogen and oxygen atoms in total. The number of carbonyl (C=O) groups excluding carboxylic acids is 2. The molecule has 4 rings (SSSR count). The van der Waals surface area contributed by atoms with Crippen molar-refractivity contribution in [3.05, 3.63) is 108 Å². The first-order valence-electron chi connectivity index (χ1n) is 21.8. The van der Waals surface area contributed by atoms with Crippen molar-refractivity contribution in [3.8, 4) is 0 Å². The molecule has 0 saturated heterocycles. The minimum atomic E-state index is -0.687. The van der Waals surface area contributed by atoms with Gasteiger partial charge in [0.1, 0.15) is 0 Å². The third-order valence-corrected chi connectivity index (χ3v) is 10.6. The van der Waals surface area contributed by atoms with Crippen molar-refractivity contribution in [1.29, 1.82) is 0 Å². The van der Waals surface area contributed by atoms with Crippen molar-refractivity contribution in [2.45, 2.75) is 161 Å². The monoisotopic (exact) mass is 768 g/mol. The van der Waals surface area contributed by atoms with Crippen molar-refractivity contribution >= 4 is 11.9 Å². The number of ether oxygens (including phenoxy) is 2. The molecular weight excluding hydrogens is 699 g/mol. The number of nitrogens with zero attached hydrogens (tertiary/aromatic N) is 4. The number of aromatic nitrogens is 4. The maximum absolute atomic E-state index is 14.4. The number of carbonyl (C=O) groups is 2. The highest BCUT2D eigenvalue weighted by atomic mass is 16.5. The first-order valence-corrected chi connectivity index (χ1v) is 21.8. The average Bonchev–Trinajstić information content (AvgIpc) is 3.22. The van der Waals surface area contributed by atoms with Crippen LogP contribution in [0.1, 0.15) is 154 Å². The van der Waals surface area contributed by atoms with Crippen LogP contribution in [0.3, 0.4) is 0 Å². The molecule has 0 amide bonds. The number of hydrogen-bond acceptors (Lipinski definition) is 7. The van der Waals surface area contributed by atoms with Gasteiger partial charge >= 0.3 is 11.9 Å². The number of allylic oxidation sites excluding steroid dienone is 2. The van der Waals surface area contributed by atoms with Gasteiger partial charge in [-0.1, -0.05) is 160 Å². The third-order valence-electron chi connectivity index (χ3n) is 10.6. The van der Waals surface area contributed by atoms with Crippen LogP contribution in [0.2, 0.25) is 0 Å². The number of benzene rings is 1. The molecular formula is C47H69N5O4+2. The highest BCUT2D eigenvalue weighted by Gasteiger charge is 2.41. The summed E-state index contributed by atoms with van der Waals surface area (Å²) in [6, 6.07) is 9.81. The average molecular weight is 768 g/mol. The van der Waals surface area contributed by atoms with E-state index in [1.54, 1.807) is 24.8 Å². The zero-order valence-corrected chi connectivity index (χ0v) is 34.5. The maximum atomic E-state index is 14.4. The topological polar surface area (TPSA) is 98.2 Å². The largest absolute Gasteiger partial charge is 0.462 e. The molecule has 9 heteroatoms. The van der Waals surface area contributed by atoms with E-state index < -0.39 is 17.9 Å². The number of unbranched alkanes of at least 4 members (excludes halogenated alkanes) is 18. The molecule has 1 aromatic carbocycles. The molecule has 0 atom stereocenters. The Bertz CT molecular complexity index is 1500. The Morgan fingerprint density at radius 2 is 0.893 bits per heavy atom. The van der Waals surface area contributed by atoms with Gasteiger partial charge < -0.3 is 14.8 Å². The van der Waals surface area contributed by atoms with E-state index in [0.717, 1.165) is 44.1 Å². The second-order valence-electron chi connectivity index (χ2n) is 15.2. The second kappa shape index (κ2) is 27.2. The molecule has 1 aliphatic heterocycles. The van der Waals surface area contributed by atoms with Crippen LogP contribution in [0.15, 0.2) is 102 Å². The van der Waals surface area contributed by atoms with Crippen LogP contribution in [-0.4, -0.2) is 35.1 Å². The van der Waals surface area contributed by atoms with Crippen LogP contribution in [0.5, 0.6) is 0 Å². The molecule has 1 N–H and O–H groups in total. The molecule has 0 bridgehead atoms. The molecule has 3 heterocycles. The van der Waals surface area contributed by atoms with Gasteiger partial charge in [-0.05, 0) is 18.4 Å². The number of dihydropyridines is 1. The van der Waals surface area contributed by atoms with E-state index in [-0.39, 0.29) is 0 Å². The molecule has 0 fully saturated rings. The van der Waals surface area contributed by atoms with Crippen LogP contribution in [0, 0.1) is 0 Å². The van der Waals surface area contributed by atoms with Gasteiger partial charge in [0.15, 0.2) is 37.9 Å². The Hall–Kier alpha value is -4.40. The third kappa shape index (κ3) is 16.0. The highest BCUT2D eigenvalue weighted by Crippen LogP contribution is 2.40. The summed E-state index contributed by atoms with van der Waals surface area (Å²) in [5.74, 6) is -1.52. The van der Waals surface area contributed by atoms with Crippen molar-refractivity contribution in [3.63, 3.8) is 0 Å². The summed E-state index contributed by atoms with van der Waals surface area (Å²) in [7, 11) is 0. The fourth-order valence-electron chi connectivity index (χ4n) is 7.46. The van der Waals surface area contributed by atoms with Crippen LogP contribution < -0.4 is 14.5 Å². The van der Waals surface area contributed by atoms with Gasteiger partial charge in [-0.2, -0.15) is 9.13 Å². The Morgan fingerprint density at radius 3 is 1.27 bits per heavy atom. The molecule has 2 aromatic heterocycles. The van der Waals surface area contributed by atoms with Gasteiger partial charge in [-0.15, -0.1) is 0 Å². The van der Waals surface area contributed by atoms with E-state index in [9.17, 15) is 9.59 Å². The van der Waals surface area contributed by atoms with Crippen LogP contribution in [0.4, 0.5) is 0 Å². The second-order valence-corrected chi connectivity index (χ2v) is 15.2. The van der Waals surface area contributed by atoms with E-state index in [1.807, 2.05) is 64.3 Å². The summed E-state index contributed by atoms with van der Waals surface area (Å²) in [4.78, 5) is 37.2. The van der Waals surface area contributed by atoms with Crippen LogP contribution in [0.25, 0.3) is 0 Å². The van der Waals surface area contributed by atoms with Crippen LogP contribution in [-0.2, 0) is 32.2 Å². The lowest BCUT2D eigenvalue weighted by Gasteiger charge is -2.31. The summed E-state index contributed by atoms with van der Waals surface area (Å²) in [6.45, 7) is 5.89.